The van der Waals surface area contributed by atoms with Gasteiger partial charge in [0.05, 0.1) is 6.61 Å². The summed E-state index contributed by atoms with van der Waals surface area (Å²) in [6, 6.07) is 5.30. The molecule has 2 aliphatic heterocycles. The summed E-state index contributed by atoms with van der Waals surface area (Å²) in [6.07, 6.45) is 12.5. The van der Waals surface area contributed by atoms with Gasteiger partial charge in [-0.1, -0.05) is 19.1 Å². The van der Waals surface area contributed by atoms with Crippen molar-refractivity contribution >= 4 is 17.4 Å². The van der Waals surface area contributed by atoms with Gasteiger partial charge in [0, 0.05) is 57.3 Å². The number of hydrogen-bond acceptors (Lipinski definition) is 5. The molecule has 2 fully saturated rings. The highest BCUT2D eigenvalue weighted by atomic mass is 19.1. The van der Waals surface area contributed by atoms with E-state index in [0.717, 1.165) is 80.7 Å². The lowest BCUT2D eigenvalue weighted by Crippen LogP contribution is -2.42. The molecule has 206 valence electrons. The third-order valence-corrected chi connectivity index (χ3v) is 8.49. The van der Waals surface area contributed by atoms with Gasteiger partial charge in [-0.25, -0.2) is 20.9 Å². The number of likely N-dealkylation sites (tertiary alicyclic amines) is 1. The van der Waals surface area contributed by atoms with E-state index in [0.29, 0.717) is 37.8 Å². The van der Waals surface area contributed by atoms with E-state index in [1.807, 2.05) is 23.4 Å². The molecule has 8 heteroatoms. The van der Waals surface area contributed by atoms with Gasteiger partial charge in [-0.2, -0.15) is 0 Å². The maximum Gasteiger partial charge on any atom is 0.227 e. The molecule has 1 atom stereocenters. The molecule has 0 radical (unpaired) electrons. The number of amides is 1. The topological polar surface area (TPSA) is 62.9 Å². The van der Waals surface area contributed by atoms with Crippen LogP contribution in [0, 0.1) is 24.2 Å². The van der Waals surface area contributed by atoms with E-state index in [1.54, 1.807) is 12.1 Å². The lowest BCUT2D eigenvalue weighted by Gasteiger charge is -2.32. The van der Waals surface area contributed by atoms with Gasteiger partial charge < -0.3 is 19.4 Å². The number of aromatic nitrogens is 2. The van der Waals surface area contributed by atoms with Crippen LogP contribution >= 0.6 is 0 Å². The van der Waals surface area contributed by atoms with Gasteiger partial charge in [0.15, 0.2) is 11.6 Å². The molecule has 3 aliphatic rings. The van der Waals surface area contributed by atoms with Crippen LogP contribution in [0.2, 0.25) is 0 Å². The van der Waals surface area contributed by atoms with Gasteiger partial charge >= 0.3 is 0 Å². The summed E-state index contributed by atoms with van der Waals surface area (Å²) < 4.78 is 20.9. The van der Waals surface area contributed by atoms with Crippen LogP contribution in [0.4, 0.5) is 10.3 Å². The molecule has 0 bridgehead atoms. The second-order valence-electron chi connectivity index (χ2n) is 11.0. The quantitative estimate of drug-likeness (QED) is 0.438. The predicted octanol–water partition coefficient (Wildman–Crippen LogP) is 5.57. The first-order chi connectivity index (χ1) is 19.0. The van der Waals surface area contributed by atoms with Crippen molar-refractivity contribution in [3.63, 3.8) is 0 Å². The van der Waals surface area contributed by atoms with Crippen LogP contribution in [0.1, 0.15) is 63.0 Å². The van der Waals surface area contributed by atoms with E-state index in [1.165, 1.54) is 0 Å². The van der Waals surface area contributed by atoms with Gasteiger partial charge in [-0.15, -0.1) is 0 Å². The zero-order chi connectivity index (χ0) is 27.2. The van der Waals surface area contributed by atoms with E-state index in [-0.39, 0.29) is 23.7 Å². The first kappa shape index (κ1) is 27.1. The molecule has 2 saturated heterocycles. The minimum atomic E-state index is -0.337. The van der Waals surface area contributed by atoms with Gasteiger partial charge in [-0.3, -0.25) is 4.79 Å². The third kappa shape index (κ3) is 6.58. The maximum atomic E-state index is 15.0. The molecule has 3 heterocycles. The molecule has 39 heavy (non-hydrogen) atoms. The lowest BCUT2D eigenvalue weighted by atomic mass is 9.85. The van der Waals surface area contributed by atoms with Crippen LogP contribution in [0.25, 0.3) is 10.4 Å². The van der Waals surface area contributed by atoms with Crippen molar-refractivity contribution in [1.29, 1.82) is 0 Å². The Hall–Kier alpha value is -3.47. The minimum absolute atomic E-state index is 0.0145. The normalized spacial score (nSPS) is 20.8. The molecule has 5 rings (SSSR count). The molecule has 0 saturated carbocycles. The highest BCUT2D eigenvalue weighted by Crippen LogP contribution is 2.34. The number of halogens is 1. The Balaban J connectivity index is 1.09. The zero-order valence-corrected chi connectivity index (χ0v) is 22.8. The molecule has 1 amide bonds. The van der Waals surface area contributed by atoms with Gasteiger partial charge in [0.25, 0.3) is 0 Å². The monoisotopic (exact) mass is 531 g/mol. The van der Waals surface area contributed by atoms with E-state index in [4.69, 9.17) is 11.3 Å². The summed E-state index contributed by atoms with van der Waals surface area (Å²) >= 11 is 0. The van der Waals surface area contributed by atoms with Crippen molar-refractivity contribution in [1.82, 2.24) is 14.9 Å². The molecule has 7 nitrogen and oxygen atoms in total. The van der Waals surface area contributed by atoms with E-state index >= 15 is 0 Å². The first-order valence-electron chi connectivity index (χ1n) is 14.4. The standard InChI is InChI=1S/C31H38FN5O2/c1-3-22-19-34-31(35-20-22)37-14-10-23(11-15-37)21-39-29-9-8-26(18-28(29)32)24-4-6-25(7-5-24)30(38)36-16-12-27(33-2)13-17-36/h4,8-9,18-20,23,25,27H,3,5-7,10-17,21H2,1H3. The number of piperidine rings is 2. The highest BCUT2D eigenvalue weighted by molar-refractivity contribution is 5.81. The first-order valence-corrected chi connectivity index (χ1v) is 14.4. The SMILES string of the molecule is [C-]#[N+]C1CCN(C(=O)C2CC=C(c3ccc(OCC4CCN(c5ncc(CC)cn5)CC4)c(F)c3)CC2)CC1. The average molecular weight is 532 g/mol. The number of benzene rings is 1. The van der Waals surface area contributed by atoms with Crippen LogP contribution in [0.5, 0.6) is 5.75 Å². The fraction of sp³-hybridized carbons (Fsp3) is 0.548. The maximum absolute atomic E-state index is 15.0. The summed E-state index contributed by atoms with van der Waals surface area (Å²) in [5.41, 5.74) is 3.10. The van der Waals surface area contributed by atoms with Crippen LogP contribution in [0.3, 0.4) is 0 Å². The summed E-state index contributed by atoms with van der Waals surface area (Å²) in [4.78, 5) is 29.7. The van der Waals surface area contributed by atoms with Crippen molar-refractivity contribution in [3.05, 3.63) is 65.0 Å². The summed E-state index contributed by atoms with van der Waals surface area (Å²) in [5, 5.41) is 0. The number of hydrogen-bond donors (Lipinski definition) is 0. The highest BCUT2D eigenvalue weighted by Gasteiger charge is 2.31. The number of ether oxygens (including phenoxy) is 1. The van der Waals surface area contributed by atoms with Crippen LogP contribution in [-0.4, -0.2) is 59.6 Å². The second-order valence-corrected chi connectivity index (χ2v) is 11.0. The number of nitrogens with zero attached hydrogens (tertiary/aromatic N) is 5. The Morgan fingerprint density at radius 3 is 2.46 bits per heavy atom. The van der Waals surface area contributed by atoms with Crippen LogP contribution in [-0.2, 0) is 11.2 Å². The largest absolute Gasteiger partial charge is 0.490 e. The Bertz CT molecular complexity index is 1210. The van der Waals surface area contributed by atoms with Gasteiger partial charge in [0.1, 0.15) is 0 Å². The summed E-state index contributed by atoms with van der Waals surface area (Å²) in [7, 11) is 0. The molecule has 1 aromatic heterocycles. The van der Waals surface area contributed by atoms with Crippen LogP contribution < -0.4 is 9.64 Å². The van der Waals surface area contributed by atoms with Crippen molar-refractivity contribution in [2.45, 2.75) is 64.3 Å². The van der Waals surface area contributed by atoms with Crippen molar-refractivity contribution < 1.29 is 13.9 Å². The van der Waals surface area contributed by atoms with Gasteiger partial charge in [0.2, 0.25) is 17.9 Å². The number of anilines is 1. The predicted molar refractivity (Wildman–Crippen MR) is 150 cm³/mol. The fourth-order valence-electron chi connectivity index (χ4n) is 5.81. The molecule has 1 aliphatic carbocycles. The Labute approximate surface area is 230 Å². The molecule has 1 aromatic carbocycles. The van der Waals surface area contributed by atoms with Crippen molar-refractivity contribution in [2.24, 2.45) is 11.8 Å². The number of rotatable bonds is 7. The number of allylic oxidation sites excluding steroid dienone is 2. The number of carbonyl (C=O) groups excluding carboxylic acids is 1. The molecular weight excluding hydrogens is 493 g/mol. The fourth-order valence-corrected chi connectivity index (χ4v) is 5.81. The minimum Gasteiger partial charge on any atom is -0.490 e. The number of carbonyl (C=O) groups is 1. The Morgan fingerprint density at radius 2 is 1.85 bits per heavy atom. The van der Waals surface area contributed by atoms with E-state index < -0.39 is 0 Å². The van der Waals surface area contributed by atoms with Crippen LogP contribution in [0.15, 0.2) is 36.7 Å². The van der Waals surface area contributed by atoms with Gasteiger partial charge in [-0.05, 0) is 73.3 Å². The molecule has 0 N–H and O–H groups in total. The van der Waals surface area contributed by atoms with E-state index in [9.17, 15) is 9.18 Å². The zero-order valence-electron chi connectivity index (χ0n) is 22.8. The number of aryl methyl sites for hydroxylation is 1. The third-order valence-electron chi connectivity index (χ3n) is 8.49. The molecule has 0 spiro atoms. The Morgan fingerprint density at radius 1 is 1.10 bits per heavy atom. The smallest absolute Gasteiger partial charge is 0.227 e. The average Bonchev–Trinajstić information content (AvgIpc) is 3.00. The Kier molecular flexibility index (Phi) is 8.75. The second kappa shape index (κ2) is 12.6. The molecule has 1 unspecified atom stereocenters. The summed E-state index contributed by atoms with van der Waals surface area (Å²) in [6.45, 7) is 12.9. The lowest BCUT2D eigenvalue weighted by molar-refractivity contribution is -0.136. The molecular formula is C31H38FN5O2. The van der Waals surface area contributed by atoms with Crippen molar-refractivity contribution in [2.75, 3.05) is 37.7 Å². The van der Waals surface area contributed by atoms with E-state index in [2.05, 4.69) is 32.7 Å². The molecule has 2 aromatic rings. The van der Waals surface area contributed by atoms with Crippen molar-refractivity contribution in [3.8, 4) is 5.75 Å². The summed E-state index contributed by atoms with van der Waals surface area (Å²) in [5.74, 6) is 1.30.